The second-order valence-electron chi connectivity index (χ2n) is 2.93. The molecule has 1 aromatic carbocycles. The van der Waals surface area contributed by atoms with Crippen LogP contribution in [-0.2, 0) is 0 Å². The molecule has 1 rings (SSSR count). The van der Waals surface area contributed by atoms with Crippen LogP contribution >= 0.6 is 0 Å². The monoisotopic (exact) mass is 192 g/mol. The minimum absolute atomic E-state index is 0.783. The lowest BCUT2D eigenvalue weighted by Crippen LogP contribution is -2.26. The molecule has 0 aliphatic rings. The van der Waals surface area contributed by atoms with Gasteiger partial charge in [0.2, 0.25) is 0 Å². The fourth-order valence-corrected chi connectivity index (χ4v) is 2.20. The highest BCUT2D eigenvalue weighted by molar-refractivity contribution is 6.40. The average Bonchev–Trinajstić information content (AvgIpc) is 2.16. The van der Waals surface area contributed by atoms with Crippen LogP contribution < -0.4 is 10.3 Å². The van der Waals surface area contributed by atoms with E-state index >= 15 is 0 Å². The number of nitrogens with zero attached hydrogens (tertiary/aromatic N) is 1. The number of nitrogen functional groups attached to an aromatic ring is 1. The van der Waals surface area contributed by atoms with Crippen molar-refractivity contribution in [3.8, 4) is 0 Å². The molecule has 0 atom stereocenters. The zero-order valence-electron chi connectivity index (χ0n) is 8.25. The number of anilines is 2. The molecule has 2 nitrogen and oxygen atoms in total. The lowest BCUT2D eigenvalue weighted by Gasteiger charge is -2.23. The maximum absolute atomic E-state index is 5.89. The highest BCUT2D eigenvalue weighted by atomic mass is 28.2. The molecule has 0 saturated heterocycles. The summed E-state index contributed by atoms with van der Waals surface area (Å²) < 4.78 is 2.33. The Kier molecular flexibility index (Phi) is 3.83. The molecule has 0 fully saturated rings. The van der Waals surface area contributed by atoms with Crippen LogP contribution in [0.4, 0.5) is 11.4 Å². The Morgan fingerprint density at radius 1 is 1.38 bits per heavy atom. The van der Waals surface area contributed by atoms with Crippen molar-refractivity contribution in [3.63, 3.8) is 0 Å². The molecule has 70 valence electrons. The van der Waals surface area contributed by atoms with Gasteiger partial charge in [0.05, 0.1) is 11.4 Å². The number of nitrogens with two attached hydrogens (primary N) is 1. The summed E-state index contributed by atoms with van der Waals surface area (Å²) in [6.07, 6.45) is 1.16. The Morgan fingerprint density at radius 3 is 2.62 bits per heavy atom. The lowest BCUT2D eigenvalue weighted by atomic mass is 10.2. The van der Waals surface area contributed by atoms with Crippen LogP contribution in [0.3, 0.4) is 0 Å². The minimum atomic E-state index is 0.783. The van der Waals surface area contributed by atoms with Crippen LogP contribution in [0, 0.1) is 0 Å². The largest absolute Gasteiger partial charge is 0.397 e. The molecule has 2 radical (unpaired) electrons. The Bertz CT molecular complexity index is 263. The third-order valence-corrected chi connectivity index (χ3v) is 2.95. The van der Waals surface area contributed by atoms with Gasteiger partial charge in [-0.1, -0.05) is 25.6 Å². The molecule has 0 aliphatic heterocycles. The Labute approximate surface area is 82.6 Å². The zero-order chi connectivity index (χ0) is 9.68. The van der Waals surface area contributed by atoms with E-state index in [-0.39, 0.29) is 0 Å². The highest BCUT2D eigenvalue weighted by Crippen LogP contribution is 2.21. The summed E-state index contributed by atoms with van der Waals surface area (Å²) in [5.41, 5.74) is 7.94. The number of benzene rings is 1. The van der Waals surface area contributed by atoms with Crippen LogP contribution in [-0.4, -0.2) is 16.2 Å². The smallest absolute Gasteiger partial charge is 0.177 e. The van der Waals surface area contributed by atoms with Gasteiger partial charge in [-0.3, -0.25) is 0 Å². The second-order valence-corrected chi connectivity index (χ2v) is 3.92. The second kappa shape index (κ2) is 4.92. The third-order valence-electron chi connectivity index (χ3n) is 1.94. The number of hydrogen-bond donors (Lipinski definition) is 1. The fourth-order valence-electron chi connectivity index (χ4n) is 1.31. The van der Waals surface area contributed by atoms with Crippen molar-refractivity contribution < 1.29 is 0 Å². The predicted molar refractivity (Wildman–Crippen MR) is 60.1 cm³/mol. The topological polar surface area (TPSA) is 29.3 Å². The van der Waals surface area contributed by atoms with E-state index in [1.807, 2.05) is 18.2 Å². The normalized spacial score (nSPS) is 10.0. The van der Waals surface area contributed by atoms with Gasteiger partial charge in [-0.2, -0.15) is 0 Å². The molecular formula is C10H16N2Si. The summed E-state index contributed by atoms with van der Waals surface area (Å²) in [5, 5.41) is 0. The molecule has 1 aromatic rings. The van der Waals surface area contributed by atoms with Crippen LogP contribution in [0.25, 0.3) is 0 Å². The van der Waals surface area contributed by atoms with E-state index < -0.39 is 0 Å². The zero-order valence-corrected chi connectivity index (χ0v) is 9.25. The van der Waals surface area contributed by atoms with Gasteiger partial charge in [-0.05, 0) is 18.6 Å². The Balaban J connectivity index is 2.84. The molecule has 0 saturated carbocycles. The summed E-state index contributed by atoms with van der Waals surface area (Å²) in [6.45, 7) is 5.46. The molecule has 13 heavy (non-hydrogen) atoms. The molecule has 2 N–H and O–H groups in total. The first-order chi connectivity index (χ1) is 6.29. The SMILES string of the molecule is CCCN([Si]C)c1ccccc1N. The van der Waals surface area contributed by atoms with E-state index in [9.17, 15) is 0 Å². The molecule has 0 aromatic heterocycles. The standard InChI is InChI=1S/C10H16N2Si/c1-3-8-12(13-2)10-7-5-4-6-9(10)11/h4-7H,3,8,11H2,1-2H3. The van der Waals surface area contributed by atoms with Gasteiger partial charge < -0.3 is 10.3 Å². The fraction of sp³-hybridized carbons (Fsp3) is 0.400. The highest BCUT2D eigenvalue weighted by Gasteiger charge is 2.05. The maximum Gasteiger partial charge on any atom is 0.177 e. The van der Waals surface area contributed by atoms with Crippen molar-refractivity contribution in [1.29, 1.82) is 0 Å². The van der Waals surface area contributed by atoms with E-state index in [0.717, 1.165) is 28.3 Å². The van der Waals surface area contributed by atoms with E-state index in [4.69, 9.17) is 5.73 Å². The molecule has 0 unspecified atom stereocenters. The first-order valence-electron chi connectivity index (χ1n) is 4.59. The predicted octanol–water partition coefficient (Wildman–Crippen LogP) is 2.15. The maximum atomic E-state index is 5.89. The summed E-state index contributed by atoms with van der Waals surface area (Å²) in [5.74, 6) is 0. The van der Waals surface area contributed by atoms with E-state index in [0.29, 0.717) is 0 Å². The molecule has 0 spiro atoms. The van der Waals surface area contributed by atoms with Crippen molar-refractivity contribution in [2.75, 3.05) is 16.8 Å². The van der Waals surface area contributed by atoms with Crippen LogP contribution in [0.1, 0.15) is 13.3 Å². The molecule has 0 heterocycles. The van der Waals surface area contributed by atoms with Gasteiger partial charge in [-0.15, -0.1) is 0 Å². The lowest BCUT2D eigenvalue weighted by molar-refractivity contribution is 0.919. The number of hydrogen-bond acceptors (Lipinski definition) is 2. The van der Waals surface area contributed by atoms with Crippen molar-refractivity contribution in [3.05, 3.63) is 24.3 Å². The molecule has 0 aliphatic carbocycles. The van der Waals surface area contributed by atoms with Gasteiger partial charge in [0.1, 0.15) is 0 Å². The van der Waals surface area contributed by atoms with Crippen LogP contribution in [0.2, 0.25) is 6.55 Å². The van der Waals surface area contributed by atoms with Gasteiger partial charge >= 0.3 is 0 Å². The van der Waals surface area contributed by atoms with Gasteiger partial charge in [0, 0.05) is 6.54 Å². The third kappa shape index (κ3) is 2.49. The summed E-state index contributed by atoms with van der Waals surface area (Å²) in [7, 11) is 0.783. The molecule has 0 amide bonds. The van der Waals surface area contributed by atoms with E-state index in [2.05, 4.69) is 24.1 Å². The summed E-state index contributed by atoms with van der Waals surface area (Å²) in [4.78, 5) is 0. The van der Waals surface area contributed by atoms with Crippen molar-refractivity contribution in [2.24, 2.45) is 0 Å². The van der Waals surface area contributed by atoms with Crippen LogP contribution in [0.5, 0.6) is 0 Å². The first kappa shape index (κ1) is 10.1. The van der Waals surface area contributed by atoms with Gasteiger partial charge in [-0.25, -0.2) is 0 Å². The molecule has 0 bridgehead atoms. The van der Waals surface area contributed by atoms with Gasteiger partial charge in [0.25, 0.3) is 0 Å². The molecular weight excluding hydrogens is 176 g/mol. The minimum Gasteiger partial charge on any atom is -0.397 e. The summed E-state index contributed by atoms with van der Waals surface area (Å²) >= 11 is 0. The van der Waals surface area contributed by atoms with E-state index in [1.54, 1.807) is 0 Å². The molecule has 3 heteroatoms. The quantitative estimate of drug-likeness (QED) is 0.585. The number of rotatable bonds is 4. The van der Waals surface area contributed by atoms with Gasteiger partial charge in [0.15, 0.2) is 9.68 Å². The first-order valence-corrected chi connectivity index (χ1v) is 6.03. The van der Waals surface area contributed by atoms with Crippen molar-refractivity contribution in [2.45, 2.75) is 19.9 Å². The van der Waals surface area contributed by atoms with Crippen LogP contribution in [0.15, 0.2) is 24.3 Å². The van der Waals surface area contributed by atoms with Crippen molar-refractivity contribution in [1.82, 2.24) is 0 Å². The number of para-hydroxylation sites is 2. The van der Waals surface area contributed by atoms with E-state index in [1.165, 1.54) is 5.69 Å². The average molecular weight is 192 g/mol. The Hall–Kier alpha value is -0.963. The summed E-state index contributed by atoms with van der Waals surface area (Å²) in [6, 6.07) is 8.05. The van der Waals surface area contributed by atoms with Crippen molar-refractivity contribution >= 4 is 21.1 Å². The Morgan fingerprint density at radius 2 is 2.08 bits per heavy atom.